The number of Topliss-reactive ketones (excluding diaryl/α,β-unsaturated/α-hetero) is 1. The van der Waals surface area contributed by atoms with E-state index in [1.54, 1.807) is 6.92 Å². The third-order valence-electron chi connectivity index (χ3n) is 2.33. The predicted molar refractivity (Wildman–Crippen MR) is 66.1 cm³/mol. The van der Waals surface area contributed by atoms with Crippen LogP contribution in [0.25, 0.3) is 0 Å². The molecule has 0 rings (SSSR count). The van der Waals surface area contributed by atoms with Crippen molar-refractivity contribution in [1.82, 2.24) is 0 Å². The van der Waals surface area contributed by atoms with Gasteiger partial charge in [0.1, 0.15) is 5.78 Å². The lowest BCUT2D eigenvalue weighted by Gasteiger charge is -2.10. The summed E-state index contributed by atoms with van der Waals surface area (Å²) in [6.45, 7) is 5.29. The second kappa shape index (κ2) is 8.96. The van der Waals surface area contributed by atoms with Crippen molar-refractivity contribution in [3.8, 4) is 0 Å². The second-order valence-corrected chi connectivity index (χ2v) is 5.29. The van der Waals surface area contributed by atoms with Crippen molar-refractivity contribution < 1.29 is 9.59 Å². The van der Waals surface area contributed by atoms with Crippen molar-refractivity contribution in [2.75, 3.05) is 0 Å². The fraction of sp³-hybridized carbons (Fsp3) is 0.833. The summed E-state index contributed by atoms with van der Waals surface area (Å²) in [7, 11) is 0. The topological polar surface area (TPSA) is 34.1 Å². The van der Waals surface area contributed by atoms with E-state index in [0.717, 1.165) is 12.8 Å². The Balaban J connectivity index is 3.67. The van der Waals surface area contributed by atoms with Crippen LogP contribution < -0.4 is 0 Å². The van der Waals surface area contributed by atoms with Crippen molar-refractivity contribution in [3.63, 3.8) is 0 Å². The minimum atomic E-state index is -0.107. The van der Waals surface area contributed by atoms with Gasteiger partial charge in [0.05, 0.1) is 5.25 Å². The van der Waals surface area contributed by atoms with E-state index in [1.807, 2.05) is 0 Å². The maximum Gasteiger partial charge on any atom is 0.186 e. The first-order valence-electron chi connectivity index (χ1n) is 5.75. The summed E-state index contributed by atoms with van der Waals surface area (Å²) >= 11 is 1.18. The molecule has 1 unspecified atom stereocenters. The number of carbonyl (C=O) groups is 2. The van der Waals surface area contributed by atoms with E-state index in [2.05, 4.69) is 6.92 Å². The molecule has 15 heavy (non-hydrogen) atoms. The summed E-state index contributed by atoms with van der Waals surface area (Å²) in [5, 5.41) is -0.0621. The first kappa shape index (κ1) is 14.7. The molecule has 0 radical (unpaired) electrons. The van der Waals surface area contributed by atoms with E-state index < -0.39 is 0 Å². The molecule has 1 atom stereocenters. The summed E-state index contributed by atoms with van der Waals surface area (Å²) in [6, 6.07) is 0. The standard InChI is InChI=1S/C12H22O2S/c1-4-5-6-7-8-9-12(10(2)13)15-11(3)14/h12H,4-9H2,1-3H3. The highest BCUT2D eigenvalue weighted by Crippen LogP contribution is 2.20. The first-order chi connectivity index (χ1) is 7.07. The van der Waals surface area contributed by atoms with Gasteiger partial charge in [-0.1, -0.05) is 50.8 Å². The van der Waals surface area contributed by atoms with Gasteiger partial charge in [0.15, 0.2) is 5.12 Å². The maximum absolute atomic E-state index is 11.2. The Hall–Kier alpha value is -0.310. The van der Waals surface area contributed by atoms with Crippen molar-refractivity contribution >= 4 is 22.7 Å². The zero-order valence-electron chi connectivity index (χ0n) is 10.0. The highest BCUT2D eigenvalue weighted by molar-refractivity contribution is 8.14. The summed E-state index contributed by atoms with van der Waals surface area (Å²) in [5.41, 5.74) is 0. The molecule has 0 aromatic heterocycles. The molecule has 0 heterocycles. The molecule has 0 N–H and O–H groups in total. The second-order valence-electron chi connectivity index (χ2n) is 3.91. The van der Waals surface area contributed by atoms with Gasteiger partial charge in [0.2, 0.25) is 0 Å². The highest BCUT2D eigenvalue weighted by Gasteiger charge is 2.16. The average molecular weight is 230 g/mol. The van der Waals surface area contributed by atoms with Gasteiger partial charge < -0.3 is 0 Å². The van der Waals surface area contributed by atoms with Gasteiger partial charge in [0.25, 0.3) is 0 Å². The third kappa shape index (κ3) is 8.67. The lowest BCUT2D eigenvalue weighted by molar-refractivity contribution is -0.117. The molecule has 0 aliphatic heterocycles. The molecular formula is C12H22O2S. The SMILES string of the molecule is CCCCCCCC(SC(C)=O)C(C)=O. The number of hydrogen-bond donors (Lipinski definition) is 0. The monoisotopic (exact) mass is 230 g/mol. The fourth-order valence-electron chi connectivity index (χ4n) is 1.48. The number of thioether (sulfide) groups is 1. The zero-order valence-corrected chi connectivity index (χ0v) is 10.9. The van der Waals surface area contributed by atoms with E-state index >= 15 is 0 Å². The van der Waals surface area contributed by atoms with Crippen molar-refractivity contribution in [1.29, 1.82) is 0 Å². The van der Waals surface area contributed by atoms with Crippen LogP contribution in [0.4, 0.5) is 0 Å². The smallest absolute Gasteiger partial charge is 0.186 e. The summed E-state index contributed by atoms with van der Waals surface area (Å²) in [4.78, 5) is 22.1. The highest BCUT2D eigenvalue weighted by atomic mass is 32.2. The molecule has 0 amide bonds. The molecule has 0 saturated heterocycles. The summed E-state index contributed by atoms with van der Waals surface area (Å²) < 4.78 is 0. The quantitative estimate of drug-likeness (QED) is 0.598. The van der Waals surface area contributed by atoms with E-state index in [-0.39, 0.29) is 16.1 Å². The molecular weight excluding hydrogens is 208 g/mol. The van der Waals surface area contributed by atoms with Crippen LogP contribution in [0.15, 0.2) is 0 Å². The third-order valence-corrected chi connectivity index (χ3v) is 3.52. The van der Waals surface area contributed by atoms with Gasteiger partial charge in [-0.2, -0.15) is 0 Å². The molecule has 0 aliphatic carbocycles. The summed E-state index contributed by atoms with van der Waals surface area (Å²) in [5.74, 6) is 0.130. The Bertz CT molecular complexity index is 202. The number of rotatable bonds is 8. The molecule has 0 fully saturated rings. The van der Waals surface area contributed by atoms with Gasteiger partial charge in [-0.3, -0.25) is 9.59 Å². The van der Waals surface area contributed by atoms with Crippen molar-refractivity contribution in [3.05, 3.63) is 0 Å². The van der Waals surface area contributed by atoms with E-state index in [1.165, 1.54) is 44.4 Å². The van der Waals surface area contributed by atoms with Gasteiger partial charge in [-0.05, 0) is 13.3 Å². The van der Waals surface area contributed by atoms with Crippen LogP contribution in [0.1, 0.15) is 59.3 Å². The number of carbonyl (C=O) groups excluding carboxylic acids is 2. The molecule has 2 nitrogen and oxygen atoms in total. The van der Waals surface area contributed by atoms with E-state index in [0.29, 0.717) is 0 Å². The number of ketones is 1. The Morgan fingerprint density at radius 1 is 1.07 bits per heavy atom. The molecule has 0 aromatic rings. The van der Waals surface area contributed by atoms with Gasteiger partial charge in [0, 0.05) is 6.92 Å². The Labute approximate surface area is 97.2 Å². The van der Waals surface area contributed by atoms with Crippen LogP contribution in [0.2, 0.25) is 0 Å². The van der Waals surface area contributed by atoms with Crippen LogP contribution in [0.5, 0.6) is 0 Å². The maximum atomic E-state index is 11.2. The molecule has 0 aromatic carbocycles. The van der Waals surface area contributed by atoms with Gasteiger partial charge in [-0.15, -0.1) is 0 Å². The van der Waals surface area contributed by atoms with Gasteiger partial charge >= 0.3 is 0 Å². The average Bonchev–Trinajstić information content (AvgIpc) is 2.15. The Morgan fingerprint density at radius 2 is 1.67 bits per heavy atom. The minimum Gasteiger partial charge on any atom is -0.299 e. The van der Waals surface area contributed by atoms with E-state index in [9.17, 15) is 9.59 Å². The van der Waals surface area contributed by atoms with Crippen LogP contribution in [0, 0.1) is 0 Å². The molecule has 0 bridgehead atoms. The Kier molecular flexibility index (Phi) is 8.77. The summed E-state index contributed by atoms with van der Waals surface area (Å²) in [6.07, 6.45) is 6.83. The van der Waals surface area contributed by atoms with Crippen LogP contribution in [-0.2, 0) is 9.59 Å². The predicted octanol–water partition coefficient (Wildman–Crippen LogP) is 3.58. The zero-order chi connectivity index (χ0) is 11.7. The van der Waals surface area contributed by atoms with Crippen molar-refractivity contribution in [2.45, 2.75) is 64.5 Å². The molecule has 88 valence electrons. The number of unbranched alkanes of at least 4 members (excludes halogenated alkanes) is 4. The molecule has 0 saturated carbocycles. The first-order valence-corrected chi connectivity index (χ1v) is 6.63. The Morgan fingerprint density at radius 3 is 2.13 bits per heavy atom. The lowest BCUT2D eigenvalue weighted by atomic mass is 10.1. The lowest BCUT2D eigenvalue weighted by Crippen LogP contribution is -2.15. The molecule has 0 spiro atoms. The number of hydrogen-bond acceptors (Lipinski definition) is 3. The minimum absolute atomic E-state index is 0.0451. The van der Waals surface area contributed by atoms with Crippen LogP contribution in [0.3, 0.4) is 0 Å². The van der Waals surface area contributed by atoms with E-state index in [4.69, 9.17) is 0 Å². The van der Waals surface area contributed by atoms with Crippen LogP contribution in [-0.4, -0.2) is 16.1 Å². The van der Waals surface area contributed by atoms with Gasteiger partial charge in [-0.25, -0.2) is 0 Å². The van der Waals surface area contributed by atoms with Crippen molar-refractivity contribution in [2.24, 2.45) is 0 Å². The fourth-order valence-corrected chi connectivity index (χ4v) is 2.33. The molecule has 3 heteroatoms. The molecule has 0 aliphatic rings. The van der Waals surface area contributed by atoms with Crippen LogP contribution >= 0.6 is 11.8 Å². The largest absolute Gasteiger partial charge is 0.299 e. The normalized spacial score (nSPS) is 12.5.